The first-order valence-corrected chi connectivity index (χ1v) is 7.47. The summed E-state index contributed by atoms with van der Waals surface area (Å²) in [6.07, 6.45) is 0.961. The molecule has 0 amide bonds. The quantitative estimate of drug-likeness (QED) is 0.726. The molecule has 0 radical (unpaired) electrons. The Morgan fingerprint density at radius 2 is 2.15 bits per heavy atom. The summed E-state index contributed by atoms with van der Waals surface area (Å²) in [5.41, 5.74) is 2.56. The fourth-order valence-corrected chi connectivity index (χ4v) is 3.38. The van der Waals surface area contributed by atoms with Crippen molar-refractivity contribution < 1.29 is 4.39 Å². The van der Waals surface area contributed by atoms with E-state index in [0.29, 0.717) is 5.92 Å². The van der Waals surface area contributed by atoms with Gasteiger partial charge >= 0.3 is 0 Å². The van der Waals surface area contributed by atoms with Gasteiger partial charge in [-0.3, -0.25) is 0 Å². The van der Waals surface area contributed by atoms with Crippen LogP contribution in [-0.4, -0.2) is 14.6 Å². The van der Waals surface area contributed by atoms with Crippen LogP contribution in [0.25, 0.3) is 16.2 Å². The van der Waals surface area contributed by atoms with Gasteiger partial charge in [0.05, 0.1) is 11.4 Å². The average molecular weight is 289 g/mol. The summed E-state index contributed by atoms with van der Waals surface area (Å²) in [4.78, 5) is 5.48. The summed E-state index contributed by atoms with van der Waals surface area (Å²) in [5, 5.41) is 5.69. The zero-order chi connectivity index (χ0) is 14.3. The van der Waals surface area contributed by atoms with Gasteiger partial charge in [-0.15, -0.1) is 0 Å². The Hall–Kier alpha value is -1.75. The lowest BCUT2D eigenvalue weighted by molar-refractivity contribution is 0.628. The van der Waals surface area contributed by atoms with Crippen LogP contribution in [-0.2, 0) is 6.42 Å². The van der Waals surface area contributed by atoms with E-state index >= 15 is 0 Å². The number of aromatic nitrogens is 3. The molecule has 0 aliphatic carbocycles. The number of hydrogen-bond acceptors (Lipinski definition) is 3. The largest absolute Gasteiger partial charge is 0.217 e. The van der Waals surface area contributed by atoms with Gasteiger partial charge in [-0.1, -0.05) is 37.3 Å². The smallest absolute Gasteiger partial charge is 0.212 e. The Bertz CT molecular complexity index is 758. The van der Waals surface area contributed by atoms with Crippen LogP contribution in [0.3, 0.4) is 0 Å². The Balaban J connectivity index is 2.06. The highest BCUT2D eigenvalue weighted by Crippen LogP contribution is 2.27. The van der Waals surface area contributed by atoms with E-state index < -0.39 is 0 Å². The molecule has 0 atom stereocenters. The fraction of sp³-hybridized carbons (Fsp3) is 0.333. The lowest BCUT2D eigenvalue weighted by Crippen LogP contribution is -1.96. The molecule has 0 aliphatic rings. The van der Waals surface area contributed by atoms with Crippen LogP contribution in [0.15, 0.2) is 24.3 Å². The molecule has 0 unspecified atom stereocenters. The van der Waals surface area contributed by atoms with Crippen molar-refractivity contribution in [1.82, 2.24) is 14.6 Å². The molecule has 0 aliphatic heterocycles. The minimum atomic E-state index is -0.244. The molecule has 20 heavy (non-hydrogen) atoms. The van der Waals surface area contributed by atoms with Gasteiger partial charge in [0, 0.05) is 12.0 Å². The minimum Gasteiger partial charge on any atom is -0.217 e. The number of fused-ring (bicyclic) bond motifs is 1. The Kier molecular flexibility index (Phi) is 3.30. The molecule has 1 aromatic carbocycles. The highest BCUT2D eigenvalue weighted by molar-refractivity contribution is 7.16. The summed E-state index contributed by atoms with van der Waals surface area (Å²) >= 11 is 1.61. The SMILES string of the molecule is Cc1c(-c2cccc(F)c2)nc2sc(CC(C)C)nn12. The Morgan fingerprint density at radius 3 is 2.80 bits per heavy atom. The van der Waals surface area contributed by atoms with Crippen molar-refractivity contribution in [3.8, 4) is 11.3 Å². The van der Waals surface area contributed by atoms with Crippen LogP contribution >= 0.6 is 11.3 Å². The number of aryl methyl sites for hydroxylation is 1. The van der Waals surface area contributed by atoms with Gasteiger partial charge in [0.1, 0.15) is 10.8 Å². The summed E-state index contributed by atoms with van der Waals surface area (Å²) in [7, 11) is 0. The number of nitrogens with zero attached hydrogens (tertiary/aromatic N) is 3. The van der Waals surface area contributed by atoms with E-state index in [0.717, 1.165) is 33.3 Å². The molecule has 0 saturated heterocycles. The van der Waals surface area contributed by atoms with Crippen molar-refractivity contribution in [1.29, 1.82) is 0 Å². The molecule has 2 heterocycles. The van der Waals surface area contributed by atoms with Gasteiger partial charge in [0.2, 0.25) is 4.96 Å². The standard InChI is InChI=1S/C15H16FN3S/c1-9(2)7-13-18-19-10(3)14(17-15(19)20-13)11-5-4-6-12(16)8-11/h4-6,8-9H,7H2,1-3H3. The molecule has 0 fully saturated rings. The molecule has 3 rings (SSSR count). The highest BCUT2D eigenvalue weighted by atomic mass is 32.1. The molecular weight excluding hydrogens is 273 g/mol. The molecule has 3 aromatic rings. The number of hydrogen-bond donors (Lipinski definition) is 0. The summed E-state index contributed by atoms with van der Waals surface area (Å²) in [5.74, 6) is 0.334. The Morgan fingerprint density at radius 1 is 1.35 bits per heavy atom. The zero-order valence-electron chi connectivity index (χ0n) is 11.7. The fourth-order valence-electron chi connectivity index (χ4n) is 2.23. The molecule has 0 saturated carbocycles. The van der Waals surface area contributed by atoms with Gasteiger partial charge in [0.15, 0.2) is 0 Å². The van der Waals surface area contributed by atoms with E-state index in [1.165, 1.54) is 12.1 Å². The normalized spacial score (nSPS) is 11.7. The second kappa shape index (κ2) is 4.98. The number of halogens is 1. The third kappa shape index (κ3) is 2.33. The van der Waals surface area contributed by atoms with Crippen molar-refractivity contribution in [2.45, 2.75) is 27.2 Å². The molecule has 5 heteroatoms. The maximum atomic E-state index is 13.3. The lowest BCUT2D eigenvalue weighted by Gasteiger charge is -2.00. The van der Waals surface area contributed by atoms with E-state index in [9.17, 15) is 4.39 Å². The zero-order valence-corrected chi connectivity index (χ0v) is 12.5. The third-order valence-electron chi connectivity index (χ3n) is 3.15. The number of imidazole rings is 1. The van der Waals surface area contributed by atoms with Crippen molar-refractivity contribution in [2.24, 2.45) is 5.92 Å². The predicted octanol–water partition coefficient (Wildman–Crippen LogP) is 4.10. The van der Waals surface area contributed by atoms with Gasteiger partial charge in [-0.05, 0) is 25.0 Å². The average Bonchev–Trinajstić information content (AvgIpc) is 2.88. The first-order chi connectivity index (χ1) is 9.54. The van der Waals surface area contributed by atoms with Crippen molar-refractivity contribution in [3.05, 3.63) is 40.8 Å². The van der Waals surface area contributed by atoms with Crippen LogP contribution in [0.1, 0.15) is 24.5 Å². The van der Waals surface area contributed by atoms with Crippen LogP contribution in [0.5, 0.6) is 0 Å². The third-order valence-corrected chi connectivity index (χ3v) is 4.08. The van der Waals surface area contributed by atoms with Crippen molar-refractivity contribution in [3.63, 3.8) is 0 Å². The van der Waals surface area contributed by atoms with Gasteiger partial charge in [-0.2, -0.15) is 5.10 Å². The first kappa shape index (κ1) is 13.2. The number of benzene rings is 1. The molecule has 0 N–H and O–H groups in total. The van der Waals surface area contributed by atoms with Crippen molar-refractivity contribution in [2.75, 3.05) is 0 Å². The summed E-state index contributed by atoms with van der Waals surface area (Å²) in [6, 6.07) is 6.53. The summed E-state index contributed by atoms with van der Waals surface area (Å²) < 4.78 is 15.2. The van der Waals surface area contributed by atoms with E-state index in [1.54, 1.807) is 17.4 Å². The van der Waals surface area contributed by atoms with Crippen molar-refractivity contribution >= 4 is 16.3 Å². The van der Waals surface area contributed by atoms with Gasteiger partial charge in [-0.25, -0.2) is 13.9 Å². The second-order valence-electron chi connectivity index (χ2n) is 5.34. The van der Waals surface area contributed by atoms with E-state index in [1.807, 2.05) is 17.5 Å². The molecule has 3 nitrogen and oxygen atoms in total. The minimum absolute atomic E-state index is 0.244. The maximum absolute atomic E-state index is 13.3. The summed E-state index contributed by atoms with van der Waals surface area (Å²) in [6.45, 7) is 6.32. The predicted molar refractivity (Wildman–Crippen MR) is 79.5 cm³/mol. The van der Waals surface area contributed by atoms with E-state index in [2.05, 4.69) is 23.9 Å². The van der Waals surface area contributed by atoms with Crippen LogP contribution in [0, 0.1) is 18.7 Å². The molecule has 0 spiro atoms. The molecular formula is C15H16FN3S. The van der Waals surface area contributed by atoms with E-state index in [-0.39, 0.29) is 5.82 Å². The number of rotatable bonds is 3. The first-order valence-electron chi connectivity index (χ1n) is 6.65. The highest BCUT2D eigenvalue weighted by Gasteiger charge is 2.15. The van der Waals surface area contributed by atoms with Crippen LogP contribution < -0.4 is 0 Å². The molecule has 0 bridgehead atoms. The van der Waals surface area contributed by atoms with E-state index in [4.69, 9.17) is 0 Å². The lowest BCUT2D eigenvalue weighted by atomic mass is 10.1. The van der Waals surface area contributed by atoms with Crippen LogP contribution in [0.4, 0.5) is 4.39 Å². The van der Waals surface area contributed by atoms with Gasteiger partial charge in [0.25, 0.3) is 0 Å². The second-order valence-corrected chi connectivity index (χ2v) is 6.38. The van der Waals surface area contributed by atoms with Crippen LogP contribution in [0.2, 0.25) is 0 Å². The monoisotopic (exact) mass is 289 g/mol. The molecule has 2 aromatic heterocycles. The topological polar surface area (TPSA) is 30.2 Å². The molecule has 104 valence electrons. The van der Waals surface area contributed by atoms with Gasteiger partial charge < -0.3 is 0 Å². The Labute approximate surface area is 121 Å². The maximum Gasteiger partial charge on any atom is 0.212 e.